The van der Waals surface area contributed by atoms with E-state index in [1.54, 1.807) is 6.07 Å². The van der Waals surface area contributed by atoms with Crippen LogP contribution in [-0.2, 0) is 0 Å². The maximum atomic E-state index is 10.7. The van der Waals surface area contributed by atoms with Gasteiger partial charge in [0.05, 0.1) is 6.61 Å². The lowest BCUT2D eigenvalue weighted by atomic mass is 10.0. The van der Waals surface area contributed by atoms with Crippen LogP contribution in [-0.4, -0.2) is 12.9 Å². The highest BCUT2D eigenvalue weighted by Gasteiger charge is 2.12. The molecule has 0 heterocycles. The summed E-state index contributed by atoms with van der Waals surface area (Å²) in [5.41, 5.74) is 0.684. The number of carbonyl (C=O) groups excluding carboxylic acids is 1. The van der Waals surface area contributed by atoms with Crippen molar-refractivity contribution in [2.75, 3.05) is 6.61 Å². The van der Waals surface area contributed by atoms with Gasteiger partial charge in [-0.1, -0.05) is 37.8 Å². The van der Waals surface area contributed by atoms with Gasteiger partial charge in [0.2, 0.25) is 0 Å². The third-order valence-electron chi connectivity index (χ3n) is 3.45. The Morgan fingerprint density at radius 2 is 1.94 bits per heavy atom. The SMILES string of the molecule is O=Cc1cccc(OCC2CCCCCC2)c1. The summed E-state index contributed by atoms with van der Waals surface area (Å²) >= 11 is 0. The van der Waals surface area contributed by atoms with Crippen molar-refractivity contribution in [2.24, 2.45) is 5.92 Å². The van der Waals surface area contributed by atoms with E-state index >= 15 is 0 Å². The van der Waals surface area contributed by atoms with Gasteiger partial charge in [-0.15, -0.1) is 0 Å². The Balaban J connectivity index is 1.85. The van der Waals surface area contributed by atoms with E-state index in [9.17, 15) is 4.79 Å². The molecule has 0 aromatic heterocycles. The second-order valence-electron chi connectivity index (χ2n) is 4.86. The molecule has 0 unspecified atom stereocenters. The average Bonchev–Trinajstić information content (AvgIpc) is 2.65. The highest BCUT2D eigenvalue weighted by Crippen LogP contribution is 2.24. The van der Waals surface area contributed by atoms with E-state index in [4.69, 9.17) is 4.74 Å². The molecule has 1 saturated carbocycles. The van der Waals surface area contributed by atoms with Gasteiger partial charge in [-0.05, 0) is 30.9 Å². The molecule has 0 saturated heterocycles. The molecule has 0 amide bonds. The summed E-state index contributed by atoms with van der Waals surface area (Å²) in [6, 6.07) is 7.39. The zero-order chi connectivity index (χ0) is 11.9. The van der Waals surface area contributed by atoms with Gasteiger partial charge in [0.15, 0.2) is 0 Å². The molecule has 0 spiro atoms. The minimum Gasteiger partial charge on any atom is -0.493 e. The van der Waals surface area contributed by atoms with E-state index in [2.05, 4.69) is 0 Å². The van der Waals surface area contributed by atoms with Crippen molar-refractivity contribution in [3.05, 3.63) is 29.8 Å². The second-order valence-corrected chi connectivity index (χ2v) is 4.86. The summed E-state index contributed by atoms with van der Waals surface area (Å²) < 4.78 is 5.78. The Bertz CT molecular complexity index is 352. The van der Waals surface area contributed by atoms with Crippen LogP contribution in [0.4, 0.5) is 0 Å². The van der Waals surface area contributed by atoms with Crippen LogP contribution in [0.3, 0.4) is 0 Å². The summed E-state index contributed by atoms with van der Waals surface area (Å²) in [6.07, 6.45) is 8.85. The zero-order valence-electron chi connectivity index (χ0n) is 10.2. The van der Waals surface area contributed by atoms with Crippen molar-refractivity contribution < 1.29 is 9.53 Å². The van der Waals surface area contributed by atoms with E-state index < -0.39 is 0 Å². The van der Waals surface area contributed by atoms with Gasteiger partial charge in [0.1, 0.15) is 12.0 Å². The number of rotatable bonds is 4. The summed E-state index contributed by atoms with van der Waals surface area (Å²) in [4.78, 5) is 10.7. The number of benzene rings is 1. The average molecular weight is 232 g/mol. The Labute approximate surface area is 103 Å². The van der Waals surface area contributed by atoms with Crippen molar-refractivity contribution in [1.82, 2.24) is 0 Å². The summed E-state index contributed by atoms with van der Waals surface area (Å²) in [5.74, 6) is 1.51. The molecule has 2 heteroatoms. The fraction of sp³-hybridized carbons (Fsp3) is 0.533. The maximum absolute atomic E-state index is 10.7. The van der Waals surface area contributed by atoms with Crippen molar-refractivity contribution in [1.29, 1.82) is 0 Å². The van der Waals surface area contributed by atoms with Crippen molar-refractivity contribution in [3.63, 3.8) is 0 Å². The van der Waals surface area contributed by atoms with E-state index in [1.807, 2.05) is 18.2 Å². The molecule has 1 aromatic carbocycles. The van der Waals surface area contributed by atoms with Crippen molar-refractivity contribution in [2.45, 2.75) is 38.5 Å². The van der Waals surface area contributed by atoms with E-state index in [1.165, 1.54) is 38.5 Å². The molecule has 17 heavy (non-hydrogen) atoms. The highest BCUT2D eigenvalue weighted by atomic mass is 16.5. The standard InChI is InChI=1S/C15H20O2/c16-11-14-8-5-9-15(10-14)17-12-13-6-3-1-2-4-7-13/h5,8-11,13H,1-4,6-7,12H2. The quantitative estimate of drug-likeness (QED) is 0.582. The molecule has 1 fully saturated rings. The molecule has 0 aliphatic heterocycles. The number of aldehydes is 1. The monoisotopic (exact) mass is 232 g/mol. The fourth-order valence-electron chi connectivity index (χ4n) is 2.42. The number of hydrogen-bond donors (Lipinski definition) is 0. The predicted octanol–water partition coefficient (Wildman–Crippen LogP) is 3.85. The third kappa shape index (κ3) is 3.88. The molecule has 0 N–H and O–H groups in total. The van der Waals surface area contributed by atoms with Crippen LogP contribution in [0, 0.1) is 5.92 Å². The highest BCUT2D eigenvalue weighted by molar-refractivity contribution is 5.75. The first-order chi connectivity index (χ1) is 8.38. The first-order valence-corrected chi connectivity index (χ1v) is 6.56. The van der Waals surface area contributed by atoms with Crippen LogP contribution in [0.1, 0.15) is 48.9 Å². The topological polar surface area (TPSA) is 26.3 Å². The van der Waals surface area contributed by atoms with Gasteiger partial charge < -0.3 is 4.74 Å². The molecule has 2 nitrogen and oxygen atoms in total. The first kappa shape index (κ1) is 12.2. The zero-order valence-corrected chi connectivity index (χ0v) is 10.2. The van der Waals surface area contributed by atoms with E-state index in [0.29, 0.717) is 11.5 Å². The molecule has 1 aromatic rings. The smallest absolute Gasteiger partial charge is 0.150 e. The van der Waals surface area contributed by atoms with Crippen LogP contribution in [0.25, 0.3) is 0 Å². The minimum atomic E-state index is 0.684. The third-order valence-corrected chi connectivity index (χ3v) is 3.45. The van der Waals surface area contributed by atoms with Crippen LogP contribution in [0.2, 0.25) is 0 Å². The lowest BCUT2D eigenvalue weighted by Crippen LogP contribution is -2.11. The van der Waals surface area contributed by atoms with Crippen LogP contribution >= 0.6 is 0 Å². The van der Waals surface area contributed by atoms with E-state index in [0.717, 1.165) is 18.6 Å². The number of ether oxygens (including phenoxy) is 1. The summed E-state index contributed by atoms with van der Waals surface area (Å²) in [5, 5.41) is 0. The summed E-state index contributed by atoms with van der Waals surface area (Å²) in [6.45, 7) is 0.794. The van der Waals surface area contributed by atoms with Crippen LogP contribution < -0.4 is 4.74 Å². The molecular weight excluding hydrogens is 212 g/mol. The van der Waals surface area contributed by atoms with Crippen molar-refractivity contribution >= 4 is 6.29 Å². The van der Waals surface area contributed by atoms with Gasteiger partial charge in [0.25, 0.3) is 0 Å². The Kier molecular flexibility index (Phi) is 4.60. The van der Waals surface area contributed by atoms with Crippen molar-refractivity contribution in [3.8, 4) is 5.75 Å². The van der Waals surface area contributed by atoms with Gasteiger partial charge in [0, 0.05) is 5.56 Å². The van der Waals surface area contributed by atoms with Gasteiger partial charge in [-0.2, -0.15) is 0 Å². The number of carbonyl (C=O) groups is 1. The Hall–Kier alpha value is -1.31. The lowest BCUT2D eigenvalue weighted by Gasteiger charge is -2.15. The molecule has 1 aliphatic carbocycles. The first-order valence-electron chi connectivity index (χ1n) is 6.56. The predicted molar refractivity (Wildman–Crippen MR) is 68.5 cm³/mol. The molecule has 0 bridgehead atoms. The van der Waals surface area contributed by atoms with Gasteiger partial charge >= 0.3 is 0 Å². The van der Waals surface area contributed by atoms with Gasteiger partial charge in [-0.3, -0.25) is 4.79 Å². The molecule has 1 aliphatic rings. The largest absolute Gasteiger partial charge is 0.493 e. The second kappa shape index (κ2) is 6.43. The Morgan fingerprint density at radius 1 is 1.18 bits per heavy atom. The molecule has 2 rings (SSSR count). The Morgan fingerprint density at radius 3 is 2.65 bits per heavy atom. The minimum absolute atomic E-state index is 0.684. The normalized spacial score (nSPS) is 17.4. The molecule has 0 radical (unpaired) electrons. The van der Waals surface area contributed by atoms with Gasteiger partial charge in [-0.25, -0.2) is 0 Å². The molecular formula is C15H20O2. The van der Waals surface area contributed by atoms with E-state index in [-0.39, 0.29) is 0 Å². The number of hydrogen-bond acceptors (Lipinski definition) is 2. The van der Waals surface area contributed by atoms with Crippen LogP contribution in [0.5, 0.6) is 5.75 Å². The summed E-state index contributed by atoms with van der Waals surface area (Å²) in [7, 11) is 0. The molecule has 0 atom stereocenters. The lowest BCUT2D eigenvalue weighted by molar-refractivity contribution is 0.112. The fourth-order valence-corrected chi connectivity index (χ4v) is 2.42. The molecule has 92 valence electrons. The van der Waals surface area contributed by atoms with Crippen LogP contribution in [0.15, 0.2) is 24.3 Å². The maximum Gasteiger partial charge on any atom is 0.150 e.